The first kappa shape index (κ1) is 24.9. The van der Waals surface area contributed by atoms with Crippen LogP contribution in [0.15, 0.2) is 89.8 Å². The van der Waals surface area contributed by atoms with E-state index in [0.717, 1.165) is 51.3 Å². The molecule has 0 N–H and O–H groups in total. The van der Waals surface area contributed by atoms with E-state index in [1.807, 2.05) is 92.7 Å². The summed E-state index contributed by atoms with van der Waals surface area (Å²) >= 11 is 6.92. The smallest absolute Gasteiger partial charge is 0.293 e. The van der Waals surface area contributed by atoms with Crippen LogP contribution in [0, 0.1) is 13.8 Å². The SMILES string of the molecule is Cc1cc(/C=C2/SC(=O)N(Cc3ccc(Cl)cc3)C2=O)c(C)n1-c1ccc(OCc2ccccc2)cc1. The van der Waals surface area contributed by atoms with Crippen LogP contribution in [0.25, 0.3) is 11.8 Å². The number of benzene rings is 3. The highest BCUT2D eigenvalue weighted by Gasteiger charge is 2.35. The van der Waals surface area contributed by atoms with Gasteiger partial charge in [0, 0.05) is 22.1 Å². The van der Waals surface area contributed by atoms with Crippen molar-refractivity contribution >= 4 is 40.6 Å². The fourth-order valence-corrected chi connectivity index (χ4v) is 5.27. The standard InChI is InChI=1S/C30H25ClN2O3S/c1-20-16-24(17-28-29(34)32(30(35)37-28)18-22-8-10-25(31)11-9-22)21(2)33(20)26-12-14-27(15-13-26)36-19-23-6-4-3-5-7-23/h3-17H,18-19H2,1-2H3/b28-17+. The van der Waals surface area contributed by atoms with Crippen LogP contribution in [-0.4, -0.2) is 20.6 Å². The Labute approximate surface area is 225 Å². The van der Waals surface area contributed by atoms with Crippen LogP contribution >= 0.6 is 23.4 Å². The number of aromatic nitrogens is 1. The molecule has 5 nitrogen and oxygen atoms in total. The summed E-state index contributed by atoms with van der Waals surface area (Å²) in [5.74, 6) is 0.513. The topological polar surface area (TPSA) is 51.5 Å². The summed E-state index contributed by atoms with van der Waals surface area (Å²) < 4.78 is 8.05. The zero-order chi connectivity index (χ0) is 25.9. The monoisotopic (exact) mass is 528 g/mol. The molecule has 2 amide bonds. The Balaban J connectivity index is 1.32. The quantitative estimate of drug-likeness (QED) is 0.232. The normalized spacial score (nSPS) is 14.6. The molecule has 7 heteroatoms. The molecular formula is C30H25ClN2O3S. The molecule has 1 saturated heterocycles. The molecule has 0 radical (unpaired) electrons. The van der Waals surface area contributed by atoms with Gasteiger partial charge in [-0.25, -0.2) is 0 Å². The fraction of sp³-hybridized carbons (Fsp3) is 0.133. The molecule has 37 heavy (non-hydrogen) atoms. The highest BCUT2D eigenvalue weighted by molar-refractivity contribution is 8.18. The number of aryl methyl sites for hydroxylation is 1. The molecule has 186 valence electrons. The van der Waals surface area contributed by atoms with Crippen LogP contribution in [0.4, 0.5) is 4.79 Å². The second-order valence-corrected chi connectivity index (χ2v) is 10.3. The van der Waals surface area contributed by atoms with Crippen molar-refractivity contribution in [3.05, 3.63) is 123 Å². The van der Waals surface area contributed by atoms with Gasteiger partial charge in [-0.05, 0) is 90.8 Å². The van der Waals surface area contributed by atoms with Gasteiger partial charge < -0.3 is 9.30 Å². The molecular weight excluding hydrogens is 504 g/mol. The van der Waals surface area contributed by atoms with Gasteiger partial charge in [-0.3, -0.25) is 14.5 Å². The number of imide groups is 1. The first-order valence-corrected chi connectivity index (χ1v) is 13.0. The van der Waals surface area contributed by atoms with Crippen molar-refractivity contribution in [2.45, 2.75) is 27.0 Å². The fourth-order valence-electron chi connectivity index (χ4n) is 4.31. The van der Waals surface area contributed by atoms with E-state index in [2.05, 4.69) is 4.57 Å². The van der Waals surface area contributed by atoms with E-state index in [1.165, 1.54) is 4.90 Å². The van der Waals surface area contributed by atoms with E-state index in [0.29, 0.717) is 16.5 Å². The van der Waals surface area contributed by atoms with Gasteiger partial charge in [0.25, 0.3) is 11.1 Å². The van der Waals surface area contributed by atoms with Crippen molar-refractivity contribution < 1.29 is 14.3 Å². The Morgan fingerprint density at radius 3 is 2.30 bits per heavy atom. The number of thioether (sulfide) groups is 1. The highest BCUT2D eigenvalue weighted by atomic mass is 35.5. The number of nitrogens with zero attached hydrogens (tertiary/aromatic N) is 2. The van der Waals surface area contributed by atoms with E-state index < -0.39 is 0 Å². The molecule has 0 bridgehead atoms. The molecule has 2 heterocycles. The summed E-state index contributed by atoms with van der Waals surface area (Å²) in [7, 11) is 0. The molecule has 0 spiro atoms. The molecule has 0 atom stereocenters. The molecule has 1 aliphatic heterocycles. The predicted molar refractivity (Wildman–Crippen MR) is 149 cm³/mol. The summed E-state index contributed by atoms with van der Waals surface area (Å²) in [5.41, 5.74) is 5.88. The third-order valence-corrected chi connectivity index (χ3v) is 7.39. The third-order valence-electron chi connectivity index (χ3n) is 6.23. The van der Waals surface area contributed by atoms with Crippen LogP contribution in [0.3, 0.4) is 0 Å². The Hall–Kier alpha value is -3.74. The number of carbonyl (C=O) groups excluding carboxylic acids is 2. The molecule has 3 aromatic carbocycles. The van der Waals surface area contributed by atoms with Gasteiger partial charge >= 0.3 is 0 Å². The Bertz CT molecular complexity index is 1480. The minimum atomic E-state index is -0.283. The number of carbonyl (C=O) groups is 2. The van der Waals surface area contributed by atoms with E-state index in [4.69, 9.17) is 16.3 Å². The average Bonchev–Trinajstić information content (AvgIpc) is 3.33. The molecule has 0 aliphatic carbocycles. The van der Waals surface area contributed by atoms with Gasteiger partial charge in [-0.15, -0.1) is 0 Å². The van der Waals surface area contributed by atoms with Gasteiger partial charge in [-0.1, -0.05) is 54.1 Å². The van der Waals surface area contributed by atoms with E-state index in [9.17, 15) is 9.59 Å². The second kappa shape index (κ2) is 10.7. The Morgan fingerprint density at radius 1 is 0.892 bits per heavy atom. The first-order valence-electron chi connectivity index (χ1n) is 11.8. The molecule has 1 aliphatic rings. The molecule has 1 fully saturated rings. The maximum Gasteiger partial charge on any atom is 0.293 e. The van der Waals surface area contributed by atoms with Gasteiger partial charge in [-0.2, -0.15) is 0 Å². The average molecular weight is 529 g/mol. The van der Waals surface area contributed by atoms with Crippen molar-refractivity contribution in [2.24, 2.45) is 0 Å². The lowest BCUT2D eigenvalue weighted by atomic mass is 10.2. The van der Waals surface area contributed by atoms with E-state index in [1.54, 1.807) is 12.1 Å². The van der Waals surface area contributed by atoms with Crippen molar-refractivity contribution in [2.75, 3.05) is 0 Å². The van der Waals surface area contributed by atoms with E-state index in [-0.39, 0.29) is 17.7 Å². The molecule has 0 unspecified atom stereocenters. The molecule has 5 rings (SSSR count). The zero-order valence-corrected chi connectivity index (χ0v) is 22.1. The van der Waals surface area contributed by atoms with Crippen LogP contribution in [0.2, 0.25) is 5.02 Å². The molecule has 0 saturated carbocycles. The maximum absolute atomic E-state index is 13.0. The van der Waals surface area contributed by atoms with Crippen LogP contribution in [0.5, 0.6) is 5.75 Å². The van der Waals surface area contributed by atoms with Crippen molar-refractivity contribution in [3.63, 3.8) is 0 Å². The lowest BCUT2D eigenvalue weighted by molar-refractivity contribution is -0.123. The minimum Gasteiger partial charge on any atom is -0.489 e. The number of amides is 2. The number of halogens is 1. The zero-order valence-electron chi connectivity index (χ0n) is 20.5. The van der Waals surface area contributed by atoms with Crippen molar-refractivity contribution in [1.82, 2.24) is 9.47 Å². The lowest BCUT2D eigenvalue weighted by Crippen LogP contribution is -2.27. The van der Waals surface area contributed by atoms with E-state index >= 15 is 0 Å². The highest BCUT2D eigenvalue weighted by Crippen LogP contribution is 2.35. The number of hydrogen-bond acceptors (Lipinski definition) is 4. The van der Waals surface area contributed by atoms with Gasteiger partial charge in [0.1, 0.15) is 12.4 Å². The lowest BCUT2D eigenvalue weighted by Gasteiger charge is -2.12. The van der Waals surface area contributed by atoms with Gasteiger partial charge in [0.15, 0.2) is 0 Å². The summed E-state index contributed by atoms with van der Waals surface area (Å²) in [4.78, 5) is 27.3. The van der Waals surface area contributed by atoms with Gasteiger partial charge in [0.2, 0.25) is 0 Å². The minimum absolute atomic E-state index is 0.219. The molecule has 1 aromatic heterocycles. The Kier molecular flexibility index (Phi) is 7.22. The third kappa shape index (κ3) is 5.50. The van der Waals surface area contributed by atoms with Crippen LogP contribution in [0.1, 0.15) is 28.1 Å². The molecule has 4 aromatic rings. The number of ether oxygens (including phenoxy) is 1. The maximum atomic E-state index is 13.0. The van der Waals surface area contributed by atoms with Crippen molar-refractivity contribution in [3.8, 4) is 11.4 Å². The van der Waals surface area contributed by atoms with Crippen LogP contribution < -0.4 is 4.74 Å². The predicted octanol–water partition coefficient (Wildman–Crippen LogP) is 7.56. The number of hydrogen-bond donors (Lipinski definition) is 0. The largest absolute Gasteiger partial charge is 0.489 e. The summed E-state index contributed by atoms with van der Waals surface area (Å²) in [6, 6.07) is 27.2. The summed E-state index contributed by atoms with van der Waals surface area (Å²) in [6.07, 6.45) is 1.81. The van der Waals surface area contributed by atoms with Crippen LogP contribution in [-0.2, 0) is 17.9 Å². The summed E-state index contributed by atoms with van der Waals surface area (Å²) in [6.45, 7) is 4.77. The van der Waals surface area contributed by atoms with Crippen molar-refractivity contribution in [1.29, 1.82) is 0 Å². The second-order valence-electron chi connectivity index (χ2n) is 8.82. The number of rotatable bonds is 7. The Morgan fingerprint density at radius 2 is 1.59 bits per heavy atom. The first-order chi connectivity index (χ1) is 17.9. The van der Waals surface area contributed by atoms with Gasteiger partial charge in [0.05, 0.1) is 11.4 Å². The summed E-state index contributed by atoms with van der Waals surface area (Å²) in [5, 5.41) is 0.341.